The Hall–Kier alpha value is -2.01. The van der Waals surface area contributed by atoms with Crippen molar-refractivity contribution in [3.05, 3.63) is 41.3 Å². The largest absolute Gasteiger partial charge is 0.478 e. The summed E-state index contributed by atoms with van der Waals surface area (Å²) in [5.74, 6) is -1.51. The summed E-state index contributed by atoms with van der Waals surface area (Å²) in [5, 5.41) is 9.72. The van der Waals surface area contributed by atoms with Crippen LogP contribution in [-0.2, 0) is 6.54 Å². The van der Waals surface area contributed by atoms with Crippen molar-refractivity contribution in [1.82, 2.24) is 9.88 Å². The molecule has 1 aromatic heterocycles. The minimum absolute atomic E-state index is 0.104. The van der Waals surface area contributed by atoms with E-state index in [0.717, 1.165) is 25.9 Å². The highest BCUT2D eigenvalue weighted by Gasteiger charge is 2.14. The molecule has 0 bridgehead atoms. The Morgan fingerprint density at radius 2 is 1.91 bits per heavy atom. The van der Waals surface area contributed by atoms with Crippen molar-refractivity contribution in [2.45, 2.75) is 33.2 Å². The average Bonchev–Trinajstić information content (AvgIpc) is 2.47. The van der Waals surface area contributed by atoms with Crippen LogP contribution < -0.4 is 0 Å². The molecular weight excluding hydrogens is 283 g/mol. The van der Waals surface area contributed by atoms with Gasteiger partial charge in [0.05, 0.1) is 16.8 Å². The minimum atomic E-state index is -1.06. The molecule has 0 saturated carbocycles. The number of hydrogen-bond acceptors (Lipinski definition) is 3. The summed E-state index contributed by atoms with van der Waals surface area (Å²) in [6.45, 7) is 6.72. The number of carboxylic acids is 1. The van der Waals surface area contributed by atoms with E-state index in [1.165, 1.54) is 18.2 Å². The van der Waals surface area contributed by atoms with Gasteiger partial charge >= 0.3 is 5.97 Å². The smallest absolute Gasteiger partial charge is 0.336 e. The second-order valence-electron chi connectivity index (χ2n) is 5.40. The topological polar surface area (TPSA) is 53.4 Å². The first-order chi connectivity index (χ1) is 10.5. The Bertz CT molecular complexity index is 667. The van der Waals surface area contributed by atoms with Crippen LogP contribution in [0.2, 0.25) is 0 Å². The van der Waals surface area contributed by atoms with Gasteiger partial charge in [-0.15, -0.1) is 0 Å². The van der Waals surface area contributed by atoms with E-state index in [4.69, 9.17) is 0 Å². The zero-order valence-corrected chi connectivity index (χ0v) is 13.0. The van der Waals surface area contributed by atoms with E-state index in [1.807, 2.05) is 0 Å². The van der Waals surface area contributed by atoms with Crippen LogP contribution in [0.5, 0.6) is 0 Å². The molecule has 0 unspecified atom stereocenters. The lowest BCUT2D eigenvalue weighted by Gasteiger charge is -2.20. The third-order valence-corrected chi connectivity index (χ3v) is 3.52. The molecule has 22 heavy (non-hydrogen) atoms. The molecule has 1 N–H and O–H groups in total. The van der Waals surface area contributed by atoms with Gasteiger partial charge in [-0.1, -0.05) is 13.8 Å². The summed E-state index contributed by atoms with van der Waals surface area (Å²) >= 11 is 0. The van der Waals surface area contributed by atoms with Crippen molar-refractivity contribution in [2.24, 2.45) is 0 Å². The van der Waals surface area contributed by atoms with Gasteiger partial charge in [-0.3, -0.25) is 9.88 Å². The molecule has 0 spiro atoms. The fraction of sp³-hybridized carbons (Fsp3) is 0.412. The summed E-state index contributed by atoms with van der Waals surface area (Å²) < 4.78 is 13.4. The van der Waals surface area contributed by atoms with E-state index >= 15 is 0 Å². The molecule has 0 fully saturated rings. The number of aromatic nitrogens is 1. The maximum Gasteiger partial charge on any atom is 0.336 e. The Morgan fingerprint density at radius 1 is 1.23 bits per heavy atom. The Labute approximate surface area is 129 Å². The first kappa shape index (κ1) is 16.4. The molecule has 0 atom stereocenters. The lowest BCUT2D eigenvalue weighted by molar-refractivity contribution is 0.0698. The van der Waals surface area contributed by atoms with Crippen LogP contribution in [0.3, 0.4) is 0 Å². The van der Waals surface area contributed by atoms with Crippen LogP contribution in [0.25, 0.3) is 10.9 Å². The number of halogens is 1. The number of hydrogen-bond donors (Lipinski definition) is 1. The number of aromatic carboxylic acids is 1. The highest BCUT2D eigenvalue weighted by Crippen LogP contribution is 2.21. The SMILES string of the molecule is CCCN(CCC)Cc1cc(C(=O)O)c2cc(F)ccc2n1. The van der Waals surface area contributed by atoms with Crippen molar-refractivity contribution < 1.29 is 14.3 Å². The molecule has 0 aliphatic rings. The fourth-order valence-corrected chi connectivity index (χ4v) is 2.64. The summed E-state index contributed by atoms with van der Waals surface area (Å²) in [6, 6.07) is 5.62. The van der Waals surface area contributed by atoms with Crippen molar-refractivity contribution in [1.29, 1.82) is 0 Å². The van der Waals surface area contributed by atoms with E-state index < -0.39 is 11.8 Å². The van der Waals surface area contributed by atoms with Gasteiger partial charge in [0.15, 0.2) is 0 Å². The van der Waals surface area contributed by atoms with Crippen molar-refractivity contribution in [3.63, 3.8) is 0 Å². The molecule has 118 valence electrons. The second-order valence-corrected chi connectivity index (χ2v) is 5.40. The number of carbonyl (C=O) groups is 1. The van der Waals surface area contributed by atoms with Gasteiger partial charge in [-0.2, -0.15) is 0 Å². The van der Waals surface area contributed by atoms with Crippen LogP contribution in [0.15, 0.2) is 24.3 Å². The third kappa shape index (κ3) is 3.80. The predicted molar refractivity (Wildman–Crippen MR) is 84.5 cm³/mol. The van der Waals surface area contributed by atoms with Gasteiger partial charge in [0, 0.05) is 11.9 Å². The number of fused-ring (bicyclic) bond motifs is 1. The van der Waals surface area contributed by atoms with Crippen LogP contribution in [0, 0.1) is 5.82 Å². The Balaban J connectivity index is 2.42. The van der Waals surface area contributed by atoms with Gasteiger partial charge < -0.3 is 5.11 Å². The van der Waals surface area contributed by atoms with Gasteiger partial charge in [-0.25, -0.2) is 9.18 Å². The van der Waals surface area contributed by atoms with Gasteiger partial charge in [0.2, 0.25) is 0 Å². The number of carboxylic acid groups (broad SMARTS) is 1. The zero-order chi connectivity index (χ0) is 16.1. The van der Waals surface area contributed by atoms with Crippen LogP contribution >= 0.6 is 0 Å². The number of benzene rings is 1. The molecular formula is C17H21FN2O2. The van der Waals surface area contributed by atoms with Gasteiger partial charge in [-0.05, 0) is 50.2 Å². The standard InChI is InChI=1S/C17H21FN2O2/c1-3-7-20(8-4-2)11-13-10-15(17(21)22)14-9-12(18)5-6-16(14)19-13/h5-6,9-10H,3-4,7-8,11H2,1-2H3,(H,21,22). The normalized spacial score (nSPS) is 11.3. The molecule has 4 nitrogen and oxygen atoms in total. The quantitative estimate of drug-likeness (QED) is 0.847. The Morgan fingerprint density at radius 3 is 2.50 bits per heavy atom. The summed E-state index contributed by atoms with van der Waals surface area (Å²) in [5.41, 5.74) is 1.33. The van der Waals surface area contributed by atoms with Gasteiger partial charge in [0.1, 0.15) is 5.82 Å². The molecule has 0 amide bonds. The van der Waals surface area contributed by atoms with Gasteiger partial charge in [0.25, 0.3) is 0 Å². The minimum Gasteiger partial charge on any atom is -0.478 e. The highest BCUT2D eigenvalue weighted by molar-refractivity contribution is 6.02. The van der Waals surface area contributed by atoms with Crippen molar-refractivity contribution in [3.8, 4) is 0 Å². The zero-order valence-electron chi connectivity index (χ0n) is 13.0. The van der Waals surface area contributed by atoms with E-state index in [0.29, 0.717) is 23.1 Å². The van der Waals surface area contributed by atoms with E-state index in [2.05, 4.69) is 23.7 Å². The second kappa shape index (κ2) is 7.31. The third-order valence-electron chi connectivity index (χ3n) is 3.52. The summed E-state index contributed by atoms with van der Waals surface area (Å²) in [6.07, 6.45) is 2.06. The van der Waals surface area contributed by atoms with Crippen LogP contribution in [-0.4, -0.2) is 34.0 Å². The maximum absolute atomic E-state index is 13.4. The first-order valence-corrected chi connectivity index (χ1v) is 7.60. The van der Waals surface area contributed by atoms with E-state index in [9.17, 15) is 14.3 Å². The summed E-state index contributed by atoms with van der Waals surface area (Å²) in [4.78, 5) is 18.2. The number of pyridine rings is 1. The first-order valence-electron chi connectivity index (χ1n) is 7.60. The molecule has 0 radical (unpaired) electrons. The lowest BCUT2D eigenvalue weighted by Crippen LogP contribution is -2.25. The molecule has 1 aromatic carbocycles. The number of nitrogens with zero attached hydrogens (tertiary/aromatic N) is 2. The van der Waals surface area contributed by atoms with Crippen LogP contribution in [0.4, 0.5) is 4.39 Å². The molecule has 1 heterocycles. The highest BCUT2D eigenvalue weighted by atomic mass is 19.1. The molecule has 0 aliphatic carbocycles. The Kier molecular flexibility index (Phi) is 5.44. The average molecular weight is 304 g/mol. The lowest BCUT2D eigenvalue weighted by atomic mass is 10.1. The van der Waals surface area contributed by atoms with Crippen molar-refractivity contribution >= 4 is 16.9 Å². The molecule has 0 saturated heterocycles. The van der Waals surface area contributed by atoms with E-state index in [-0.39, 0.29) is 5.56 Å². The fourth-order valence-electron chi connectivity index (χ4n) is 2.64. The van der Waals surface area contributed by atoms with Crippen LogP contribution in [0.1, 0.15) is 42.7 Å². The van der Waals surface area contributed by atoms with Crippen molar-refractivity contribution in [2.75, 3.05) is 13.1 Å². The number of rotatable bonds is 7. The molecule has 2 rings (SSSR count). The molecule has 2 aromatic rings. The molecule has 5 heteroatoms. The van der Waals surface area contributed by atoms with E-state index in [1.54, 1.807) is 6.07 Å². The summed E-state index contributed by atoms with van der Waals surface area (Å²) in [7, 11) is 0. The maximum atomic E-state index is 13.4. The predicted octanol–water partition coefficient (Wildman–Crippen LogP) is 3.69. The monoisotopic (exact) mass is 304 g/mol. The molecule has 0 aliphatic heterocycles.